The predicted octanol–water partition coefficient (Wildman–Crippen LogP) is 1.98. The van der Waals surface area contributed by atoms with Crippen LogP contribution in [0.3, 0.4) is 0 Å². The van der Waals surface area contributed by atoms with Crippen molar-refractivity contribution in [2.24, 2.45) is 18.2 Å². The number of hydrogen-bond acceptors (Lipinski definition) is 3. The number of rotatable bonds is 5. The summed E-state index contributed by atoms with van der Waals surface area (Å²) in [5.41, 5.74) is 7.74. The first-order chi connectivity index (χ1) is 8.59. The summed E-state index contributed by atoms with van der Waals surface area (Å²) in [6, 6.07) is 0.0471. The van der Waals surface area contributed by atoms with Gasteiger partial charge >= 0.3 is 0 Å². The zero-order valence-electron chi connectivity index (χ0n) is 11.7. The van der Waals surface area contributed by atoms with Crippen LogP contribution in [0.5, 0.6) is 0 Å². The van der Waals surface area contributed by atoms with E-state index >= 15 is 0 Å². The van der Waals surface area contributed by atoms with E-state index in [2.05, 4.69) is 17.3 Å². The quantitative estimate of drug-likeness (QED) is 0.840. The molecule has 1 aliphatic rings. The van der Waals surface area contributed by atoms with E-state index in [1.165, 1.54) is 32.1 Å². The van der Waals surface area contributed by atoms with Crippen molar-refractivity contribution in [3.8, 4) is 0 Å². The molecule has 4 nitrogen and oxygen atoms in total. The van der Waals surface area contributed by atoms with Crippen molar-refractivity contribution >= 4 is 0 Å². The largest absolute Gasteiger partial charge is 0.323 e. The summed E-state index contributed by atoms with van der Waals surface area (Å²) in [5, 5.41) is 7.70. The number of nitrogens with zero attached hydrogens (tertiary/aromatic N) is 2. The van der Waals surface area contributed by atoms with Gasteiger partial charge in [0, 0.05) is 37.9 Å². The molecule has 0 radical (unpaired) electrons. The van der Waals surface area contributed by atoms with Crippen LogP contribution in [0.25, 0.3) is 0 Å². The van der Waals surface area contributed by atoms with Gasteiger partial charge in [0.25, 0.3) is 0 Å². The van der Waals surface area contributed by atoms with E-state index in [1.54, 1.807) is 4.68 Å². The zero-order valence-corrected chi connectivity index (χ0v) is 11.7. The summed E-state index contributed by atoms with van der Waals surface area (Å²) in [5.74, 6) is 0. The number of aromatic nitrogens is 2. The molecule has 1 atom stereocenters. The van der Waals surface area contributed by atoms with E-state index in [0.29, 0.717) is 5.41 Å². The predicted molar refractivity (Wildman–Crippen MR) is 74.2 cm³/mol. The third-order valence-electron chi connectivity index (χ3n) is 4.13. The van der Waals surface area contributed by atoms with Crippen LogP contribution in [-0.2, 0) is 7.05 Å². The van der Waals surface area contributed by atoms with Crippen molar-refractivity contribution in [2.75, 3.05) is 13.1 Å². The van der Waals surface area contributed by atoms with Crippen LogP contribution < -0.4 is 11.1 Å². The Morgan fingerprint density at radius 3 is 2.78 bits per heavy atom. The Morgan fingerprint density at radius 1 is 1.44 bits per heavy atom. The van der Waals surface area contributed by atoms with E-state index in [1.807, 2.05) is 19.4 Å². The van der Waals surface area contributed by atoms with Crippen LogP contribution >= 0.6 is 0 Å². The second-order valence-corrected chi connectivity index (χ2v) is 6.06. The van der Waals surface area contributed by atoms with E-state index in [0.717, 1.165) is 18.7 Å². The van der Waals surface area contributed by atoms with Crippen LogP contribution in [0.2, 0.25) is 0 Å². The van der Waals surface area contributed by atoms with Gasteiger partial charge in [0.2, 0.25) is 0 Å². The van der Waals surface area contributed by atoms with Crippen LogP contribution in [0.1, 0.15) is 50.6 Å². The average molecular weight is 250 g/mol. The first-order valence-electron chi connectivity index (χ1n) is 7.04. The molecule has 1 saturated carbocycles. The molecule has 0 bridgehead atoms. The Bertz CT molecular complexity index is 366. The molecule has 0 aromatic carbocycles. The van der Waals surface area contributed by atoms with Gasteiger partial charge in [-0.05, 0) is 18.3 Å². The molecule has 0 spiro atoms. The lowest BCUT2D eigenvalue weighted by Crippen LogP contribution is -2.37. The Kier molecular flexibility index (Phi) is 4.40. The van der Waals surface area contributed by atoms with Crippen molar-refractivity contribution in [3.63, 3.8) is 0 Å². The van der Waals surface area contributed by atoms with Gasteiger partial charge < -0.3 is 11.1 Å². The molecule has 1 unspecified atom stereocenters. The Hall–Kier alpha value is -0.870. The van der Waals surface area contributed by atoms with E-state index < -0.39 is 0 Å². The lowest BCUT2D eigenvalue weighted by Gasteiger charge is -2.34. The van der Waals surface area contributed by atoms with Gasteiger partial charge in [-0.3, -0.25) is 4.68 Å². The van der Waals surface area contributed by atoms with E-state index in [-0.39, 0.29) is 6.04 Å². The number of nitrogens with two attached hydrogens (primary N) is 1. The SMILES string of the molecule is Cn1cc(C(N)CNCC2(C)CCCCC2)cn1. The Labute approximate surface area is 110 Å². The molecule has 102 valence electrons. The summed E-state index contributed by atoms with van der Waals surface area (Å²) >= 11 is 0. The van der Waals surface area contributed by atoms with Gasteiger partial charge in [-0.2, -0.15) is 5.10 Å². The monoisotopic (exact) mass is 250 g/mol. The van der Waals surface area contributed by atoms with Gasteiger partial charge in [0.1, 0.15) is 0 Å². The van der Waals surface area contributed by atoms with Crippen molar-refractivity contribution in [3.05, 3.63) is 18.0 Å². The highest BCUT2D eigenvalue weighted by Gasteiger charge is 2.26. The first-order valence-corrected chi connectivity index (χ1v) is 7.04. The minimum atomic E-state index is 0.0471. The Balaban J connectivity index is 1.74. The van der Waals surface area contributed by atoms with Gasteiger partial charge in [-0.25, -0.2) is 0 Å². The molecular weight excluding hydrogens is 224 g/mol. The highest BCUT2D eigenvalue weighted by Crippen LogP contribution is 2.34. The molecule has 0 saturated heterocycles. The van der Waals surface area contributed by atoms with Crippen LogP contribution in [0.15, 0.2) is 12.4 Å². The summed E-state index contributed by atoms with van der Waals surface area (Å²) in [7, 11) is 1.92. The second kappa shape index (κ2) is 5.85. The van der Waals surface area contributed by atoms with Crippen LogP contribution in [0, 0.1) is 5.41 Å². The van der Waals surface area contributed by atoms with Crippen molar-refractivity contribution in [2.45, 2.75) is 45.1 Å². The molecular formula is C14H26N4. The normalized spacial score (nSPS) is 20.8. The molecule has 1 heterocycles. The minimum Gasteiger partial charge on any atom is -0.323 e. The highest BCUT2D eigenvalue weighted by atomic mass is 15.2. The second-order valence-electron chi connectivity index (χ2n) is 6.06. The maximum Gasteiger partial charge on any atom is 0.0537 e. The van der Waals surface area contributed by atoms with Gasteiger partial charge in [-0.1, -0.05) is 26.2 Å². The summed E-state index contributed by atoms with van der Waals surface area (Å²) < 4.78 is 1.80. The molecule has 1 aromatic rings. The average Bonchev–Trinajstić information content (AvgIpc) is 2.76. The number of hydrogen-bond donors (Lipinski definition) is 2. The molecule has 4 heteroatoms. The van der Waals surface area contributed by atoms with E-state index in [4.69, 9.17) is 5.73 Å². The number of aryl methyl sites for hydroxylation is 1. The van der Waals surface area contributed by atoms with Gasteiger partial charge in [0.05, 0.1) is 6.20 Å². The molecule has 3 N–H and O–H groups in total. The molecule has 1 aromatic heterocycles. The van der Waals surface area contributed by atoms with Crippen molar-refractivity contribution in [1.82, 2.24) is 15.1 Å². The van der Waals surface area contributed by atoms with Gasteiger partial charge in [-0.15, -0.1) is 0 Å². The lowest BCUT2D eigenvalue weighted by molar-refractivity contribution is 0.207. The third kappa shape index (κ3) is 3.56. The lowest BCUT2D eigenvalue weighted by atomic mass is 9.76. The topological polar surface area (TPSA) is 55.9 Å². The molecule has 0 aliphatic heterocycles. The molecule has 1 aliphatic carbocycles. The van der Waals surface area contributed by atoms with E-state index in [9.17, 15) is 0 Å². The maximum absolute atomic E-state index is 6.15. The minimum absolute atomic E-state index is 0.0471. The summed E-state index contributed by atoms with van der Waals surface area (Å²) in [6.07, 6.45) is 10.7. The molecule has 0 amide bonds. The smallest absolute Gasteiger partial charge is 0.0537 e. The fourth-order valence-electron chi connectivity index (χ4n) is 2.86. The van der Waals surface area contributed by atoms with Crippen LogP contribution in [-0.4, -0.2) is 22.9 Å². The third-order valence-corrected chi connectivity index (χ3v) is 4.13. The summed E-state index contributed by atoms with van der Waals surface area (Å²) in [4.78, 5) is 0. The van der Waals surface area contributed by atoms with Crippen molar-refractivity contribution in [1.29, 1.82) is 0 Å². The standard InChI is InChI=1S/C14H26N4/c1-14(6-4-3-5-7-14)11-16-9-13(15)12-8-17-18(2)10-12/h8,10,13,16H,3-7,9,11,15H2,1-2H3. The van der Waals surface area contributed by atoms with Gasteiger partial charge in [0.15, 0.2) is 0 Å². The zero-order chi connectivity index (χ0) is 13.0. The molecule has 2 rings (SSSR count). The molecule has 1 fully saturated rings. The molecule has 18 heavy (non-hydrogen) atoms. The number of nitrogens with one attached hydrogen (secondary N) is 1. The Morgan fingerprint density at radius 2 is 2.17 bits per heavy atom. The fourth-order valence-corrected chi connectivity index (χ4v) is 2.86. The maximum atomic E-state index is 6.15. The first kappa shape index (κ1) is 13.6. The summed E-state index contributed by atoms with van der Waals surface area (Å²) in [6.45, 7) is 4.32. The fraction of sp³-hybridized carbons (Fsp3) is 0.786. The van der Waals surface area contributed by atoms with Crippen molar-refractivity contribution < 1.29 is 0 Å². The van der Waals surface area contributed by atoms with Crippen LogP contribution in [0.4, 0.5) is 0 Å². The highest BCUT2D eigenvalue weighted by molar-refractivity contribution is 5.09.